The van der Waals surface area contributed by atoms with Crippen LogP contribution in [0.4, 0.5) is 11.4 Å². The standard InChI is InChI=1S/C17H23N3O2/c1-13(21)18-14-6-8-15(9-7-14)20-12-19(2)16(22)17(20)10-4-3-5-11-17/h6-9H,3-5,10-12H2,1-2H3,(H,18,21). The molecule has 5 nitrogen and oxygen atoms in total. The molecule has 1 aromatic carbocycles. The van der Waals surface area contributed by atoms with Crippen LogP contribution in [0.5, 0.6) is 0 Å². The minimum atomic E-state index is -0.359. The van der Waals surface area contributed by atoms with Crippen molar-refractivity contribution in [1.82, 2.24) is 4.90 Å². The maximum absolute atomic E-state index is 12.7. The Balaban J connectivity index is 1.88. The summed E-state index contributed by atoms with van der Waals surface area (Å²) in [6.07, 6.45) is 5.31. The molecule has 0 radical (unpaired) electrons. The first kappa shape index (κ1) is 14.9. The van der Waals surface area contributed by atoms with Crippen LogP contribution in [0.15, 0.2) is 24.3 Å². The fourth-order valence-corrected chi connectivity index (χ4v) is 3.76. The molecule has 118 valence electrons. The van der Waals surface area contributed by atoms with Crippen molar-refractivity contribution in [2.24, 2.45) is 0 Å². The minimum Gasteiger partial charge on any atom is -0.339 e. The fraction of sp³-hybridized carbons (Fsp3) is 0.529. The van der Waals surface area contributed by atoms with Crippen LogP contribution in [-0.2, 0) is 9.59 Å². The molecule has 1 saturated heterocycles. The number of nitrogens with one attached hydrogen (secondary N) is 1. The molecule has 0 unspecified atom stereocenters. The average Bonchev–Trinajstić information content (AvgIpc) is 2.74. The van der Waals surface area contributed by atoms with Gasteiger partial charge in [0.05, 0.1) is 6.67 Å². The third-order valence-corrected chi connectivity index (χ3v) is 4.80. The summed E-state index contributed by atoms with van der Waals surface area (Å²) in [4.78, 5) is 27.9. The molecule has 0 aromatic heterocycles. The molecule has 1 spiro atoms. The summed E-state index contributed by atoms with van der Waals surface area (Å²) >= 11 is 0. The van der Waals surface area contributed by atoms with E-state index in [0.29, 0.717) is 6.67 Å². The topological polar surface area (TPSA) is 52.7 Å². The van der Waals surface area contributed by atoms with E-state index >= 15 is 0 Å². The monoisotopic (exact) mass is 301 g/mol. The van der Waals surface area contributed by atoms with Gasteiger partial charge in [-0.1, -0.05) is 19.3 Å². The number of carbonyl (C=O) groups is 2. The molecule has 0 atom stereocenters. The first-order valence-corrected chi connectivity index (χ1v) is 7.94. The van der Waals surface area contributed by atoms with Gasteiger partial charge in [0.15, 0.2) is 0 Å². The van der Waals surface area contributed by atoms with E-state index in [9.17, 15) is 9.59 Å². The van der Waals surface area contributed by atoms with Gasteiger partial charge in [-0.15, -0.1) is 0 Å². The van der Waals surface area contributed by atoms with E-state index in [1.807, 2.05) is 36.2 Å². The Hall–Kier alpha value is -2.04. The average molecular weight is 301 g/mol. The molecule has 0 bridgehead atoms. The minimum absolute atomic E-state index is 0.0763. The number of anilines is 2. The van der Waals surface area contributed by atoms with Gasteiger partial charge in [-0.2, -0.15) is 0 Å². The lowest BCUT2D eigenvalue weighted by atomic mass is 9.80. The molecule has 1 aliphatic heterocycles. The highest BCUT2D eigenvalue weighted by Crippen LogP contribution is 2.41. The maximum Gasteiger partial charge on any atom is 0.249 e. The van der Waals surface area contributed by atoms with Crippen molar-refractivity contribution < 1.29 is 9.59 Å². The number of carbonyl (C=O) groups excluding carboxylic acids is 2. The van der Waals surface area contributed by atoms with Crippen LogP contribution in [0, 0.1) is 0 Å². The number of hydrogen-bond donors (Lipinski definition) is 1. The van der Waals surface area contributed by atoms with Gasteiger partial charge in [-0.25, -0.2) is 0 Å². The third kappa shape index (κ3) is 2.45. The first-order valence-electron chi connectivity index (χ1n) is 7.94. The van der Waals surface area contributed by atoms with E-state index in [-0.39, 0.29) is 17.4 Å². The summed E-state index contributed by atoms with van der Waals surface area (Å²) in [7, 11) is 1.88. The molecule has 1 saturated carbocycles. The van der Waals surface area contributed by atoms with E-state index in [4.69, 9.17) is 0 Å². The summed E-state index contributed by atoms with van der Waals surface area (Å²) in [5.41, 5.74) is 1.48. The Morgan fingerprint density at radius 2 is 1.77 bits per heavy atom. The highest BCUT2D eigenvalue weighted by Gasteiger charge is 2.51. The molecule has 1 heterocycles. The maximum atomic E-state index is 12.7. The molecule has 2 aliphatic rings. The lowest BCUT2D eigenvalue weighted by Gasteiger charge is -2.39. The largest absolute Gasteiger partial charge is 0.339 e. The van der Waals surface area contributed by atoms with E-state index < -0.39 is 0 Å². The number of amides is 2. The molecule has 2 amide bonds. The number of benzene rings is 1. The fourth-order valence-electron chi connectivity index (χ4n) is 3.76. The number of nitrogens with zero attached hydrogens (tertiary/aromatic N) is 2. The second-order valence-corrected chi connectivity index (χ2v) is 6.39. The smallest absolute Gasteiger partial charge is 0.249 e. The van der Waals surface area contributed by atoms with Crippen molar-refractivity contribution in [2.75, 3.05) is 23.9 Å². The van der Waals surface area contributed by atoms with Crippen molar-refractivity contribution >= 4 is 23.2 Å². The van der Waals surface area contributed by atoms with Crippen LogP contribution in [0.25, 0.3) is 0 Å². The van der Waals surface area contributed by atoms with Crippen LogP contribution >= 0.6 is 0 Å². The van der Waals surface area contributed by atoms with Crippen molar-refractivity contribution in [2.45, 2.75) is 44.6 Å². The third-order valence-electron chi connectivity index (χ3n) is 4.80. The zero-order valence-electron chi connectivity index (χ0n) is 13.3. The van der Waals surface area contributed by atoms with Gasteiger partial charge < -0.3 is 15.1 Å². The van der Waals surface area contributed by atoms with Gasteiger partial charge in [0, 0.05) is 25.3 Å². The summed E-state index contributed by atoms with van der Waals surface area (Å²) in [6, 6.07) is 7.79. The van der Waals surface area contributed by atoms with Gasteiger partial charge in [0.2, 0.25) is 11.8 Å². The first-order chi connectivity index (χ1) is 10.5. The highest BCUT2D eigenvalue weighted by molar-refractivity contribution is 5.93. The Morgan fingerprint density at radius 1 is 1.14 bits per heavy atom. The summed E-state index contributed by atoms with van der Waals surface area (Å²) in [5, 5.41) is 2.78. The SMILES string of the molecule is CC(=O)Nc1ccc(N2CN(C)C(=O)C23CCCCC3)cc1. The molecule has 2 fully saturated rings. The van der Waals surface area contributed by atoms with Gasteiger partial charge in [0.25, 0.3) is 0 Å². The predicted molar refractivity (Wildman–Crippen MR) is 86.7 cm³/mol. The van der Waals surface area contributed by atoms with Crippen LogP contribution in [0.1, 0.15) is 39.0 Å². The quantitative estimate of drug-likeness (QED) is 0.913. The van der Waals surface area contributed by atoms with Gasteiger partial charge in [-0.05, 0) is 37.1 Å². The van der Waals surface area contributed by atoms with Gasteiger partial charge in [0.1, 0.15) is 5.54 Å². The van der Waals surface area contributed by atoms with E-state index in [0.717, 1.165) is 37.1 Å². The normalized spacial score (nSPS) is 20.5. The van der Waals surface area contributed by atoms with Crippen molar-refractivity contribution in [1.29, 1.82) is 0 Å². The molecule has 22 heavy (non-hydrogen) atoms. The van der Waals surface area contributed by atoms with Crippen LogP contribution < -0.4 is 10.2 Å². The Morgan fingerprint density at radius 3 is 2.36 bits per heavy atom. The summed E-state index contributed by atoms with van der Waals surface area (Å²) in [6.45, 7) is 2.14. The number of hydrogen-bond acceptors (Lipinski definition) is 3. The van der Waals surface area contributed by atoms with E-state index in [2.05, 4.69) is 10.2 Å². The Labute approximate surface area is 131 Å². The molecule has 5 heteroatoms. The molecular weight excluding hydrogens is 278 g/mol. The summed E-state index contributed by atoms with van der Waals surface area (Å²) in [5.74, 6) is 0.172. The number of likely N-dealkylation sites (N-methyl/N-ethyl adjacent to an activating group) is 1. The van der Waals surface area contributed by atoms with Crippen LogP contribution in [0.2, 0.25) is 0 Å². The van der Waals surface area contributed by atoms with Crippen molar-refractivity contribution in [3.8, 4) is 0 Å². The molecule has 1 aromatic rings. The molecule has 1 aliphatic carbocycles. The molecular formula is C17H23N3O2. The Kier molecular flexibility index (Phi) is 3.81. The lowest BCUT2D eigenvalue weighted by Crippen LogP contribution is -2.50. The van der Waals surface area contributed by atoms with Crippen LogP contribution in [-0.4, -0.2) is 36.0 Å². The zero-order valence-corrected chi connectivity index (χ0v) is 13.3. The Bertz CT molecular complexity index is 576. The van der Waals surface area contributed by atoms with Gasteiger partial charge in [-0.3, -0.25) is 9.59 Å². The predicted octanol–water partition coefficient (Wildman–Crippen LogP) is 2.58. The molecule has 3 rings (SSSR count). The summed E-state index contributed by atoms with van der Waals surface area (Å²) < 4.78 is 0. The van der Waals surface area contributed by atoms with Crippen molar-refractivity contribution in [3.05, 3.63) is 24.3 Å². The second kappa shape index (κ2) is 5.63. The van der Waals surface area contributed by atoms with E-state index in [1.54, 1.807) is 0 Å². The lowest BCUT2D eigenvalue weighted by molar-refractivity contribution is -0.132. The zero-order chi connectivity index (χ0) is 15.7. The second-order valence-electron chi connectivity index (χ2n) is 6.39. The van der Waals surface area contributed by atoms with Crippen molar-refractivity contribution in [3.63, 3.8) is 0 Å². The highest BCUT2D eigenvalue weighted by atomic mass is 16.2. The van der Waals surface area contributed by atoms with E-state index in [1.165, 1.54) is 13.3 Å². The molecule has 1 N–H and O–H groups in total. The van der Waals surface area contributed by atoms with Gasteiger partial charge >= 0.3 is 0 Å². The number of rotatable bonds is 2. The van der Waals surface area contributed by atoms with Crippen LogP contribution in [0.3, 0.4) is 0 Å².